The molecule has 0 bridgehead atoms. The van der Waals surface area contributed by atoms with Gasteiger partial charge in [0.1, 0.15) is 6.04 Å². The fourth-order valence-corrected chi connectivity index (χ4v) is 1.90. The second-order valence-corrected chi connectivity index (χ2v) is 4.12. The van der Waals surface area contributed by atoms with Crippen molar-refractivity contribution in [1.82, 2.24) is 5.32 Å². The molecule has 3 atom stereocenters. The van der Waals surface area contributed by atoms with Crippen molar-refractivity contribution < 1.29 is 19.4 Å². The average molecular weight is 230 g/mol. The summed E-state index contributed by atoms with van der Waals surface area (Å²) in [7, 11) is 1.48. The third-order valence-corrected chi connectivity index (χ3v) is 2.81. The van der Waals surface area contributed by atoms with Crippen LogP contribution >= 0.6 is 0 Å². The summed E-state index contributed by atoms with van der Waals surface area (Å²) in [4.78, 5) is 22.2. The smallest absolute Gasteiger partial charge is 0.306 e. The number of carbonyl (C=O) groups excluding carboxylic acids is 1. The van der Waals surface area contributed by atoms with Gasteiger partial charge in [-0.2, -0.15) is 0 Å². The molecule has 1 saturated carbocycles. The molecule has 1 rings (SSSR count). The Morgan fingerprint density at radius 3 is 2.75 bits per heavy atom. The van der Waals surface area contributed by atoms with Gasteiger partial charge >= 0.3 is 5.97 Å². The summed E-state index contributed by atoms with van der Waals surface area (Å²) in [5.41, 5.74) is 5.55. The topological polar surface area (TPSA) is 102 Å². The molecule has 0 spiro atoms. The van der Waals surface area contributed by atoms with E-state index in [9.17, 15) is 9.59 Å². The van der Waals surface area contributed by atoms with E-state index in [0.29, 0.717) is 19.3 Å². The molecule has 1 unspecified atom stereocenters. The first-order valence-electron chi connectivity index (χ1n) is 5.32. The van der Waals surface area contributed by atoms with Crippen LogP contribution in [0.15, 0.2) is 0 Å². The van der Waals surface area contributed by atoms with Crippen molar-refractivity contribution in [2.75, 3.05) is 13.7 Å². The summed E-state index contributed by atoms with van der Waals surface area (Å²) in [6.45, 7) is 0.168. The largest absolute Gasteiger partial charge is 0.481 e. The molecule has 1 aliphatic carbocycles. The van der Waals surface area contributed by atoms with E-state index in [-0.39, 0.29) is 24.5 Å². The molecule has 4 N–H and O–H groups in total. The lowest BCUT2D eigenvalue weighted by Crippen LogP contribution is -2.46. The van der Waals surface area contributed by atoms with Gasteiger partial charge in [0.2, 0.25) is 5.91 Å². The number of carboxylic acids is 1. The number of carboxylic acid groups (broad SMARTS) is 1. The number of rotatable bonds is 5. The highest BCUT2D eigenvalue weighted by Crippen LogP contribution is 2.25. The van der Waals surface area contributed by atoms with Crippen LogP contribution in [0.2, 0.25) is 0 Å². The van der Waals surface area contributed by atoms with Gasteiger partial charge in [0.25, 0.3) is 0 Å². The van der Waals surface area contributed by atoms with Gasteiger partial charge in [-0.25, -0.2) is 0 Å². The fraction of sp³-hybridized carbons (Fsp3) is 0.800. The molecule has 1 amide bonds. The molecule has 0 radical (unpaired) electrons. The predicted molar refractivity (Wildman–Crippen MR) is 56.8 cm³/mol. The molecule has 0 heterocycles. The first kappa shape index (κ1) is 12.9. The molecule has 0 aromatic carbocycles. The third kappa shape index (κ3) is 3.46. The van der Waals surface area contributed by atoms with E-state index in [1.54, 1.807) is 0 Å². The zero-order chi connectivity index (χ0) is 12.1. The maximum atomic E-state index is 11.5. The Hall–Kier alpha value is -1.14. The molecular formula is C10H18N2O4. The Labute approximate surface area is 94.1 Å². The van der Waals surface area contributed by atoms with E-state index in [4.69, 9.17) is 15.6 Å². The normalized spacial score (nSPS) is 26.4. The van der Waals surface area contributed by atoms with Gasteiger partial charge in [0, 0.05) is 13.2 Å². The second kappa shape index (κ2) is 5.81. The van der Waals surface area contributed by atoms with Gasteiger partial charge < -0.3 is 20.9 Å². The quantitative estimate of drug-likeness (QED) is 0.581. The van der Waals surface area contributed by atoms with Crippen molar-refractivity contribution in [3.05, 3.63) is 0 Å². The van der Waals surface area contributed by atoms with Crippen molar-refractivity contribution in [3.8, 4) is 0 Å². The molecule has 92 valence electrons. The highest BCUT2D eigenvalue weighted by atomic mass is 16.5. The molecule has 1 fully saturated rings. The number of carbonyl (C=O) groups is 2. The van der Waals surface area contributed by atoms with Crippen molar-refractivity contribution in [1.29, 1.82) is 0 Å². The van der Waals surface area contributed by atoms with Crippen LogP contribution in [0.4, 0.5) is 0 Å². The van der Waals surface area contributed by atoms with Crippen molar-refractivity contribution >= 4 is 11.9 Å². The number of hydrogen-bond acceptors (Lipinski definition) is 4. The number of methoxy groups -OCH3 is 1. The van der Waals surface area contributed by atoms with Crippen LogP contribution < -0.4 is 11.1 Å². The monoisotopic (exact) mass is 230 g/mol. The molecule has 16 heavy (non-hydrogen) atoms. The highest BCUT2D eigenvalue weighted by Gasteiger charge is 2.31. The van der Waals surface area contributed by atoms with Crippen LogP contribution in [0.1, 0.15) is 19.3 Å². The van der Waals surface area contributed by atoms with Crippen molar-refractivity contribution in [2.45, 2.75) is 31.3 Å². The third-order valence-electron chi connectivity index (χ3n) is 2.81. The first-order valence-corrected chi connectivity index (χ1v) is 5.32. The van der Waals surface area contributed by atoms with Gasteiger partial charge in [-0.05, 0) is 19.3 Å². The molecule has 6 nitrogen and oxygen atoms in total. The minimum absolute atomic E-state index is 0.0727. The lowest BCUT2D eigenvalue weighted by molar-refractivity contribution is -0.141. The molecular weight excluding hydrogens is 212 g/mol. The van der Waals surface area contributed by atoms with Crippen LogP contribution in [-0.4, -0.2) is 42.8 Å². The van der Waals surface area contributed by atoms with E-state index in [1.807, 2.05) is 0 Å². The lowest BCUT2D eigenvalue weighted by atomic mass is 10.1. The number of amides is 1. The van der Waals surface area contributed by atoms with Crippen LogP contribution in [0.5, 0.6) is 0 Å². The molecule has 0 aromatic rings. The number of nitrogens with one attached hydrogen (secondary N) is 1. The van der Waals surface area contributed by atoms with E-state index in [1.165, 1.54) is 7.11 Å². The predicted octanol–water partition coefficient (Wildman–Crippen LogP) is -0.670. The summed E-state index contributed by atoms with van der Waals surface area (Å²) in [5.74, 6) is -1.42. The Morgan fingerprint density at radius 2 is 2.25 bits per heavy atom. The van der Waals surface area contributed by atoms with E-state index < -0.39 is 12.0 Å². The van der Waals surface area contributed by atoms with Crippen LogP contribution in [0.25, 0.3) is 0 Å². The summed E-state index contributed by atoms with van der Waals surface area (Å²) < 4.78 is 4.77. The Kier molecular flexibility index (Phi) is 4.70. The summed E-state index contributed by atoms with van der Waals surface area (Å²) >= 11 is 0. The fourth-order valence-electron chi connectivity index (χ4n) is 1.90. The second-order valence-electron chi connectivity index (χ2n) is 4.12. The first-order chi connectivity index (χ1) is 7.54. The van der Waals surface area contributed by atoms with Crippen LogP contribution in [0, 0.1) is 5.92 Å². The summed E-state index contributed by atoms with van der Waals surface area (Å²) in [6, 6.07) is -0.759. The van der Waals surface area contributed by atoms with E-state index >= 15 is 0 Å². The minimum Gasteiger partial charge on any atom is -0.481 e. The zero-order valence-electron chi connectivity index (χ0n) is 9.31. The Morgan fingerprint density at radius 1 is 1.56 bits per heavy atom. The van der Waals surface area contributed by atoms with E-state index in [0.717, 1.165) is 0 Å². The maximum absolute atomic E-state index is 11.5. The molecule has 0 saturated heterocycles. The van der Waals surface area contributed by atoms with Crippen molar-refractivity contribution in [3.63, 3.8) is 0 Å². The summed E-state index contributed by atoms with van der Waals surface area (Å²) in [6.07, 6.45) is 1.79. The molecule has 1 aliphatic rings. The Balaban J connectivity index is 2.33. The molecule has 0 aromatic heterocycles. The van der Waals surface area contributed by atoms with Gasteiger partial charge in [0.15, 0.2) is 0 Å². The number of ether oxygens (including phenoxy) is 1. The number of hydrogen-bond donors (Lipinski definition) is 3. The van der Waals surface area contributed by atoms with Gasteiger partial charge in [-0.3, -0.25) is 9.59 Å². The lowest BCUT2D eigenvalue weighted by Gasteiger charge is -2.16. The number of aliphatic carboxylic acids is 1. The van der Waals surface area contributed by atoms with Crippen molar-refractivity contribution in [2.24, 2.45) is 11.7 Å². The Bertz CT molecular complexity index is 270. The van der Waals surface area contributed by atoms with Crippen LogP contribution in [-0.2, 0) is 14.3 Å². The number of nitrogens with two attached hydrogens (primary N) is 1. The molecule has 6 heteroatoms. The SMILES string of the molecule is COCC(N)C(=O)N[C@H]1CC[C@@H](C(=O)O)C1. The summed E-state index contributed by atoms with van der Waals surface area (Å²) in [5, 5.41) is 11.5. The van der Waals surface area contributed by atoms with Gasteiger partial charge in [-0.15, -0.1) is 0 Å². The molecule has 0 aliphatic heterocycles. The highest BCUT2D eigenvalue weighted by molar-refractivity contribution is 5.82. The zero-order valence-corrected chi connectivity index (χ0v) is 9.31. The minimum atomic E-state index is -0.794. The average Bonchev–Trinajstić information content (AvgIpc) is 2.66. The van der Waals surface area contributed by atoms with Crippen LogP contribution in [0.3, 0.4) is 0 Å². The standard InChI is InChI=1S/C10H18N2O4/c1-16-5-8(11)9(13)12-7-3-2-6(4-7)10(14)15/h6-8H,2-5,11H2,1H3,(H,12,13)(H,14,15)/t6-,7+,8?/m1/s1. The van der Waals surface area contributed by atoms with Gasteiger partial charge in [0.05, 0.1) is 12.5 Å². The van der Waals surface area contributed by atoms with Gasteiger partial charge in [-0.1, -0.05) is 0 Å². The maximum Gasteiger partial charge on any atom is 0.306 e. The van der Waals surface area contributed by atoms with E-state index in [2.05, 4.69) is 5.32 Å².